The van der Waals surface area contributed by atoms with Crippen LogP contribution in [-0.4, -0.2) is 20.5 Å². The summed E-state index contributed by atoms with van der Waals surface area (Å²) < 4.78 is 9.82. The van der Waals surface area contributed by atoms with E-state index in [1.165, 1.54) is 5.56 Å². The van der Waals surface area contributed by atoms with Gasteiger partial charge in [-0.1, -0.05) is 35.5 Å². The summed E-state index contributed by atoms with van der Waals surface area (Å²) in [5, 5.41) is 11.0. The largest absolute Gasteiger partial charge is 0.379 e. The Morgan fingerprint density at radius 2 is 1.90 bits per heavy atom. The Hall–Kier alpha value is -2.70. The van der Waals surface area contributed by atoms with Crippen molar-refractivity contribution >= 4 is 5.82 Å². The lowest BCUT2D eigenvalue weighted by Crippen LogP contribution is -1.90. The Labute approximate surface area is 113 Å². The highest BCUT2D eigenvalue weighted by Crippen LogP contribution is 2.54. The van der Waals surface area contributed by atoms with Crippen molar-refractivity contribution < 1.29 is 9.15 Å². The summed E-state index contributed by atoms with van der Waals surface area (Å²) >= 11 is 0. The summed E-state index contributed by atoms with van der Waals surface area (Å²) in [4.78, 5) is 4.33. The highest BCUT2D eigenvalue weighted by atomic mass is 16.6. The molecule has 0 aliphatic heterocycles. The van der Waals surface area contributed by atoms with Crippen molar-refractivity contribution in [2.45, 2.75) is 18.3 Å². The third-order valence-corrected chi connectivity index (χ3v) is 3.50. The van der Waals surface area contributed by atoms with Crippen LogP contribution < -0.4 is 5.73 Å². The average Bonchev–Trinajstić information content (AvgIpc) is 2.92. The predicted molar refractivity (Wildman–Crippen MR) is 68.5 cm³/mol. The summed E-state index contributed by atoms with van der Waals surface area (Å²) in [6.45, 7) is 0. The van der Waals surface area contributed by atoms with Gasteiger partial charge in [-0.15, -0.1) is 0 Å². The van der Waals surface area contributed by atoms with Crippen LogP contribution in [0.2, 0.25) is 0 Å². The van der Waals surface area contributed by atoms with Gasteiger partial charge < -0.3 is 10.3 Å². The van der Waals surface area contributed by atoms with Crippen LogP contribution in [0.15, 0.2) is 39.5 Å². The van der Waals surface area contributed by atoms with Gasteiger partial charge >= 0.3 is 0 Å². The number of anilines is 1. The maximum absolute atomic E-state index is 5.60. The van der Waals surface area contributed by atoms with Gasteiger partial charge in [0.15, 0.2) is 11.5 Å². The van der Waals surface area contributed by atoms with Crippen LogP contribution in [0.4, 0.5) is 5.82 Å². The third kappa shape index (κ3) is 1.75. The van der Waals surface area contributed by atoms with E-state index in [9.17, 15) is 0 Å². The second-order valence-electron chi connectivity index (χ2n) is 4.81. The van der Waals surface area contributed by atoms with E-state index in [-0.39, 0.29) is 11.7 Å². The number of nitrogens with two attached hydrogens (primary N) is 1. The van der Waals surface area contributed by atoms with Crippen molar-refractivity contribution in [1.82, 2.24) is 20.5 Å². The molecule has 0 spiro atoms. The number of hydrogen-bond acceptors (Lipinski definition) is 7. The van der Waals surface area contributed by atoms with Crippen LogP contribution >= 0.6 is 0 Å². The summed E-state index contributed by atoms with van der Waals surface area (Å²) in [7, 11) is 0. The first kappa shape index (κ1) is 11.2. The molecule has 0 saturated heterocycles. The number of hydrogen-bond donors (Lipinski definition) is 1. The van der Waals surface area contributed by atoms with Gasteiger partial charge in [0.05, 0.1) is 0 Å². The Morgan fingerprint density at radius 1 is 1.05 bits per heavy atom. The second-order valence-corrected chi connectivity index (χ2v) is 4.81. The lowest BCUT2D eigenvalue weighted by Gasteiger charge is -1.96. The maximum atomic E-state index is 5.60. The fourth-order valence-electron chi connectivity index (χ4n) is 2.37. The standard InChI is InChI=1S/C13H11N5O2/c14-11-10(16-20-17-11)12-15-13(19-18-12)9-6-8(9)7-4-2-1-3-5-7/h1-5,8-9H,6H2,(H2,14,17). The maximum Gasteiger partial charge on any atom is 0.230 e. The molecule has 0 radical (unpaired) electrons. The predicted octanol–water partition coefficient (Wildman–Crippen LogP) is 1.97. The van der Waals surface area contributed by atoms with Crippen molar-refractivity contribution in [2.24, 2.45) is 0 Å². The van der Waals surface area contributed by atoms with Gasteiger partial charge in [-0.2, -0.15) is 4.98 Å². The Morgan fingerprint density at radius 3 is 2.65 bits per heavy atom. The van der Waals surface area contributed by atoms with Crippen LogP contribution in [-0.2, 0) is 0 Å². The van der Waals surface area contributed by atoms with Gasteiger partial charge in [-0.3, -0.25) is 0 Å². The number of rotatable bonds is 3. The first-order chi connectivity index (χ1) is 9.83. The smallest absolute Gasteiger partial charge is 0.230 e. The van der Waals surface area contributed by atoms with Gasteiger partial charge in [0.1, 0.15) is 0 Å². The van der Waals surface area contributed by atoms with Crippen molar-refractivity contribution in [3.63, 3.8) is 0 Å². The summed E-state index contributed by atoms with van der Waals surface area (Å²) in [6.07, 6.45) is 1.01. The summed E-state index contributed by atoms with van der Waals surface area (Å²) in [6, 6.07) is 10.3. The van der Waals surface area contributed by atoms with Gasteiger partial charge in [0.25, 0.3) is 0 Å². The van der Waals surface area contributed by atoms with Crippen molar-refractivity contribution in [2.75, 3.05) is 5.73 Å². The number of aromatic nitrogens is 4. The van der Waals surface area contributed by atoms with E-state index in [1.54, 1.807) is 0 Å². The van der Waals surface area contributed by atoms with Crippen molar-refractivity contribution in [3.8, 4) is 11.5 Å². The molecule has 2 N–H and O–H groups in total. The van der Waals surface area contributed by atoms with E-state index in [0.717, 1.165) is 6.42 Å². The first-order valence-electron chi connectivity index (χ1n) is 6.30. The quantitative estimate of drug-likeness (QED) is 0.775. The van der Waals surface area contributed by atoms with Crippen LogP contribution in [0.1, 0.15) is 29.7 Å². The molecule has 0 bridgehead atoms. The van der Waals surface area contributed by atoms with Crippen LogP contribution in [0.5, 0.6) is 0 Å². The highest BCUT2D eigenvalue weighted by Gasteiger charge is 2.43. The molecule has 20 heavy (non-hydrogen) atoms. The Bertz CT molecular complexity index is 736. The Balaban J connectivity index is 1.57. The molecule has 1 aromatic carbocycles. The third-order valence-electron chi connectivity index (χ3n) is 3.50. The molecule has 2 heterocycles. The van der Waals surface area contributed by atoms with E-state index in [1.807, 2.05) is 18.2 Å². The molecule has 3 aromatic rings. The number of nitrogens with zero attached hydrogens (tertiary/aromatic N) is 4. The SMILES string of the molecule is Nc1nonc1-c1noc(C2CC2c2ccccc2)n1. The molecule has 1 fully saturated rings. The van der Waals surface area contributed by atoms with Gasteiger partial charge in [0.2, 0.25) is 11.7 Å². The van der Waals surface area contributed by atoms with Crippen LogP contribution in [0.3, 0.4) is 0 Å². The van der Waals surface area contributed by atoms with Gasteiger partial charge in [0, 0.05) is 5.92 Å². The van der Waals surface area contributed by atoms with Crippen LogP contribution in [0.25, 0.3) is 11.5 Å². The molecule has 2 unspecified atom stereocenters. The minimum Gasteiger partial charge on any atom is -0.379 e. The van der Waals surface area contributed by atoms with E-state index < -0.39 is 0 Å². The highest BCUT2D eigenvalue weighted by molar-refractivity contribution is 5.61. The average molecular weight is 269 g/mol. The molecule has 0 amide bonds. The molecule has 100 valence electrons. The molecule has 2 atom stereocenters. The van der Waals surface area contributed by atoms with E-state index in [4.69, 9.17) is 10.3 Å². The molecular formula is C13H11N5O2. The topological polar surface area (TPSA) is 104 Å². The van der Waals surface area contributed by atoms with Crippen molar-refractivity contribution in [3.05, 3.63) is 41.8 Å². The zero-order chi connectivity index (χ0) is 13.5. The first-order valence-corrected chi connectivity index (χ1v) is 6.30. The zero-order valence-corrected chi connectivity index (χ0v) is 10.4. The molecule has 1 saturated carbocycles. The van der Waals surface area contributed by atoms with Crippen LogP contribution in [0, 0.1) is 0 Å². The van der Waals surface area contributed by atoms with Crippen molar-refractivity contribution in [1.29, 1.82) is 0 Å². The molecule has 1 aliphatic carbocycles. The van der Waals surface area contributed by atoms with E-state index >= 15 is 0 Å². The van der Waals surface area contributed by atoms with Gasteiger partial charge in [-0.05, 0) is 28.2 Å². The molecule has 2 aromatic heterocycles. The summed E-state index contributed by atoms with van der Waals surface area (Å²) in [5.74, 6) is 1.79. The minimum atomic E-state index is 0.160. The lowest BCUT2D eigenvalue weighted by molar-refractivity contribution is 0.310. The molecule has 4 rings (SSSR count). The molecule has 1 aliphatic rings. The number of benzene rings is 1. The number of nitrogen functional groups attached to an aromatic ring is 1. The summed E-state index contributed by atoms with van der Waals surface area (Å²) in [5.41, 5.74) is 7.21. The lowest BCUT2D eigenvalue weighted by atomic mass is 10.1. The Kier molecular flexibility index (Phi) is 2.32. The molecular weight excluding hydrogens is 258 g/mol. The molecule has 7 heteroatoms. The monoisotopic (exact) mass is 269 g/mol. The minimum absolute atomic E-state index is 0.160. The van der Waals surface area contributed by atoms with E-state index in [0.29, 0.717) is 23.3 Å². The molecule has 7 nitrogen and oxygen atoms in total. The van der Waals surface area contributed by atoms with Gasteiger partial charge in [-0.25, -0.2) is 4.63 Å². The fraction of sp³-hybridized carbons (Fsp3) is 0.231. The zero-order valence-electron chi connectivity index (χ0n) is 10.4. The second kappa shape index (κ2) is 4.16. The van der Waals surface area contributed by atoms with E-state index in [2.05, 4.69) is 37.2 Å². The normalized spacial score (nSPS) is 21.0. The fourth-order valence-corrected chi connectivity index (χ4v) is 2.37.